The molecule has 1 N–H and O–H groups in total. The summed E-state index contributed by atoms with van der Waals surface area (Å²) in [5.74, 6) is 0. The first kappa shape index (κ1) is 10.5. The van der Waals surface area contributed by atoms with Gasteiger partial charge in [0.05, 0.1) is 5.71 Å². The fraction of sp³-hybridized carbons (Fsp3) is 0.250. The van der Waals surface area contributed by atoms with Crippen molar-refractivity contribution in [2.45, 2.75) is 13.8 Å². The number of oxime groups is 1. The average Bonchev–Trinajstić information content (AvgIpc) is 2.20. The van der Waals surface area contributed by atoms with Crippen LogP contribution in [0.1, 0.15) is 19.4 Å². The molecular weight excluding hydrogens is 174 g/mol. The molecule has 0 radical (unpaired) electrons. The first-order chi connectivity index (χ1) is 6.61. The molecule has 1 aromatic rings. The lowest BCUT2D eigenvalue weighted by Crippen LogP contribution is -2.22. The van der Waals surface area contributed by atoms with E-state index in [0.29, 0.717) is 5.71 Å². The van der Waals surface area contributed by atoms with Gasteiger partial charge in [-0.25, -0.2) is 0 Å². The molecule has 0 unspecified atom stereocenters. The summed E-state index contributed by atoms with van der Waals surface area (Å²) in [5, 5.41) is 12.3. The van der Waals surface area contributed by atoms with Crippen LogP contribution in [0.15, 0.2) is 48.1 Å². The standard InChI is InChI=1S/C12H15NO/c1-4-12(2,3)11(13-14)10-8-6-5-7-9-10/h4-9,14H,1H2,2-3H3/b13-11-. The molecule has 2 heteroatoms. The zero-order valence-corrected chi connectivity index (χ0v) is 8.57. The van der Waals surface area contributed by atoms with Crippen LogP contribution < -0.4 is 0 Å². The second-order valence-electron chi connectivity index (χ2n) is 3.74. The Balaban J connectivity index is 3.13. The lowest BCUT2D eigenvalue weighted by Gasteiger charge is -2.21. The van der Waals surface area contributed by atoms with Gasteiger partial charge < -0.3 is 5.21 Å². The molecule has 0 aliphatic carbocycles. The van der Waals surface area contributed by atoms with Crippen molar-refractivity contribution in [3.8, 4) is 0 Å². The lowest BCUT2D eigenvalue weighted by atomic mass is 9.84. The van der Waals surface area contributed by atoms with Gasteiger partial charge in [0, 0.05) is 11.0 Å². The van der Waals surface area contributed by atoms with Crippen molar-refractivity contribution in [1.29, 1.82) is 0 Å². The van der Waals surface area contributed by atoms with Crippen LogP contribution in [-0.4, -0.2) is 10.9 Å². The minimum absolute atomic E-state index is 0.323. The first-order valence-corrected chi connectivity index (χ1v) is 4.53. The fourth-order valence-corrected chi connectivity index (χ4v) is 1.25. The number of hydrogen-bond acceptors (Lipinski definition) is 2. The van der Waals surface area contributed by atoms with Crippen molar-refractivity contribution in [2.75, 3.05) is 0 Å². The number of hydrogen-bond donors (Lipinski definition) is 1. The third kappa shape index (κ3) is 2.02. The molecular formula is C12H15NO. The van der Waals surface area contributed by atoms with Crippen LogP contribution in [0.4, 0.5) is 0 Å². The smallest absolute Gasteiger partial charge is 0.0961 e. The maximum absolute atomic E-state index is 8.99. The van der Waals surface area contributed by atoms with Gasteiger partial charge in [-0.15, -0.1) is 6.58 Å². The van der Waals surface area contributed by atoms with Crippen LogP contribution in [0.5, 0.6) is 0 Å². The zero-order chi connectivity index (χ0) is 10.6. The average molecular weight is 189 g/mol. The minimum Gasteiger partial charge on any atom is -0.411 e. The number of rotatable bonds is 3. The Morgan fingerprint density at radius 1 is 1.36 bits per heavy atom. The monoisotopic (exact) mass is 189 g/mol. The Morgan fingerprint density at radius 3 is 2.36 bits per heavy atom. The summed E-state index contributed by atoms with van der Waals surface area (Å²) >= 11 is 0. The van der Waals surface area contributed by atoms with E-state index in [1.165, 1.54) is 0 Å². The number of nitrogens with zero attached hydrogens (tertiary/aromatic N) is 1. The predicted molar refractivity (Wildman–Crippen MR) is 58.7 cm³/mol. The second kappa shape index (κ2) is 4.09. The van der Waals surface area contributed by atoms with Gasteiger partial charge in [-0.3, -0.25) is 0 Å². The normalized spacial score (nSPS) is 12.6. The van der Waals surface area contributed by atoms with E-state index >= 15 is 0 Å². The van der Waals surface area contributed by atoms with Crippen LogP contribution in [0.25, 0.3) is 0 Å². The van der Waals surface area contributed by atoms with Gasteiger partial charge in [-0.1, -0.05) is 55.4 Å². The van der Waals surface area contributed by atoms with E-state index in [9.17, 15) is 0 Å². The van der Waals surface area contributed by atoms with Crippen molar-refractivity contribution >= 4 is 5.71 Å². The maximum atomic E-state index is 8.99. The van der Waals surface area contributed by atoms with Crippen molar-refractivity contribution in [2.24, 2.45) is 10.6 Å². The van der Waals surface area contributed by atoms with Crippen molar-refractivity contribution < 1.29 is 5.21 Å². The van der Waals surface area contributed by atoms with Gasteiger partial charge in [0.1, 0.15) is 0 Å². The van der Waals surface area contributed by atoms with Gasteiger partial charge in [-0.05, 0) is 0 Å². The van der Waals surface area contributed by atoms with E-state index in [1.54, 1.807) is 6.08 Å². The maximum Gasteiger partial charge on any atom is 0.0961 e. The van der Waals surface area contributed by atoms with Gasteiger partial charge in [0.25, 0.3) is 0 Å². The van der Waals surface area contributed by atoms with Crippen LogP contribution in [0.2, 0.25) is 0 Å². The molecule has 0 saturated heterocycles. The molecule has 0 aromatic heterocycles. The minimum atomic E-state index is -0.323. The summed E-state index contributed by atoms with van der Waals surface area (Å²) in [6.07, 6.45) is 1.77. The molecule has 0 heterocycles. The molecule has 0 spiro atoms. The molecule has 74 valence electrons. The number of allylic oxidation sites excluding steroid dienone is 1. The van der Waals surface area contributed by atoms with E-state index in [1.807, 2.05) is 44.2 Å². The molecule has 0 bridgehead atoms. The largest absolute Gasteiger partial charge is 0.411 e. The van der Waals surface area contributed by atoms with Crippen LogP contribution in [0, 0.1) is 5.41 Å². The molecule has 0 amide bonds. The van der Waals surface area contributed by atoms with Gasteiger partial charge >= 0.3 is 0 Å². The van der Waals surface area contributed by atoms with E-state index in [0.717, 1.165) is 5.56 Å². The summed E-state index contributed by atoms with van der Waals surface area (Å²) in [7, 11) is 0. The molecule has 14 heavy (non-hydrogen) atoms. The van der Waals surface area contributed by atoms with E-state index < -0.39 is 0 Å². The third-order valence-corrected chi connectivity index (χ3v) is 2.27. The first-order valence-electron chi connectivity index (χ1n) is 4.53. The van der Waals surface area contributed by atoms with Gasteiger partial charge in [0.2, 0.25) is 0 Å². The summed E-state index contributed by atoms with van der Waals surface area (Å²) in [5.41, 5.74) is 1.23. The highest BCUT2D eigenvalue weighted by Crippen LogP contribution is 2.23. The lowest BCUT2D eigenvalue weighted by molar-refractivity contribution is 0.313. The highest BCUT2D eigenvalue weighted by molar-refractivity contribution is 6.05. The summed E-state index contributed by atoms with van der Waals surface area (Å²) in [6.45, 7) is 7.66. The summed E-state index contributed by atoms with van der Waals surface area (Å²) in [4.78, 5) is 0. The second-order valence-corrected chi connectivity index (χ2v) is 3.74. The Kier molecular flexibility index (Phi) is 3.07. The zero-order valence-electron chi connectivity index (χ0n) is 8.57. The Labute approximate surface area is 84.6 Å². The third-order valence-electron chi connectivity index (χ3n) is 2.27. The quantitative estimate of drug-likeness (QED) is 0.337. The Morgan fingerprint density at radius 2 is 1.93 bits per heavy atom. The van der Waals surface area contributed by atoms with Crippen molar-refractivity contribution in [3.63, 3.8) is 0 Å². The molecule has 0 aliphatic heterocycles. The van der Waals surface area contributed by atoms with Gasteiger partial charge in [0.15, 0.2) is 0 Å². The SMILES string of the molecule is C=CC(C)(C)/C(=N\O)c1ccccc1. The van der Waals surface area contributed by atoms with Crippen molar-refractivity contribution in [3.05, 3.63) is 48.6 Å². The van der Waals surface area contributed by atoms with Gasteiger partial charge in [-0.2, -0.15) is 0 Å². The summed E-state index contributed by atoms with van der Waals surface area (Å²) in [6, 6.07) is 9.60. The molecule has 0 atom stereocenters. The molecule has 2 nitrogen and oxygen atoms in total. The van der Waals surface area contributed by atoms with E-state index in [4.69, 9.17) is 5.21 Å². The molecule has 0 aliphatic rings. The van der Waals surface area contributed by atoms with E-state index in [2.05, 4.69) is 11.7 Å². The topological polar surface area (TPSA) is 32.6 Å². The van der Waals surface area contributed by atoms with E-state index in [-0.39, 0.29) is 5.41 Å². The predicted octanol–water partition coefficient (Wildman–Crippen LogP) is 3.08. The highest BCUT2D eigenvalue weighted by atomic mass is 16.4. The molecule has 0 saturated carbocycles. The molecule has 1 rings (SSSR count). The Hall–Kier alpha value is -1.57. The van der Waals surface area contributed by atoms with Crippen LogP contribution >= 0.6 is 0 Å². The fourth-order valence-electron chi connectivity index (χ4n) is 1.25. The number of benzene rings is 1. The Bertz CT molecular complexity index is 339. The van der Waals surface area contributed by atoms with Crippen LogP contribution in [0.3, 0.4) is 0 Å². The highest BCUT2D eigenvalue weighted by Gasteiger charge is 2.23. The molecule has 0 fully saturated rings. The van der Waals surface area contributed by atoms with Crippen molar-refractivity contribution in [1.82, 2.24) is 0 Å². The molecule has 1 aromatic carbocycles. The summed E-state index contributed by atoms with van der Waals surface area (Å²) < 4.78 is 0. The van der Waals surface area contributed by atoms with Crippen LogP contribution in [-0.2, 0) is 0 Å².